The van der Waals surface area contributed by atoms with Gasteiger partial charge in [0.15, 0.2) is 5.78 Å². The van der Waals surface area contributed by atoms with Gasteiger partial charge in [-0.15, -0.1) is 0 Å². The van der Waals surface area contributed by atoms with Crippen LogP contribution in [-0.4, -0.2) is 86.0 Å². The van der Waals surface area contributed by atoms with Crippen LogP contribution < -0.4 is 19.7 Å². The Balaban J connectivity index is 1.40. The molecule has 0 spiro atoms. The van der Waals surface area contributed by atoms with Gasteiger partial charge in [0.1, 0.15) is 17.3 Å². The van der Waals surface area contributed by atoms with Gasteiger partial charge in [0.2, 0.25) is 11.9 Å². The summed E-state index contributed by atoms with van der Waals surface area (Å²) in [6.07, 6.45) is 1.43. The Morgan fingerprint density at radius 3 is 2.38 bits per heavy atom. The number of nitrogens with zero attached hydrogens (tertiary/aromatic N) is 5. The predicted octanol–water partition coefficient (Wildman–Crippen LogP) is 6.04. The number of likely N-dealkylation sites (N-methyl/N-ethyl adjacent to an activating group) is 1. The average molecular weight is 687 g/mol. The number of benzene rings is 3. The first-order chi connectivity index (χ1) is 23.9. The molecule has 0 bridgehead atoms. The summed E-state index contributed by atoms with van der Waals surface area (Å²) >= 11 is 0. The molecular formula is C38H44F2N6O4. The number of methoxy groups -OCH3 is 2. The summed E-state index contributed by atoms with van der Waals surface area (Å²) in [7, 11) is 6.78. The Morgan fingerprint density at radius 2 is 1.70 bits per heavy atom. The van der Waals surface area contributed by atoms with E-state index in [-0.39, 0.29) is 30.1 Å². The van der Waals surface area contributed by atoms with E-state index in [9.17, 15) is 18.4 Å². The normalized spacial score (nSPS) is 13.9. The fourth-order valence-corrected chi connectivity index (χ4v) is 6.04. The lowest BCUT2D eigenvalue weighted by molar-refractivity contribution is -0.117. The SMILES string of the molecule is CNc1nccc(N(C(=O)Cc2cc(C(=O)Cc3ccc(CN4CCN(C)CC4)c(C(C)(F)F)c3)ccc2C)c2ccc(OC)cc2OC)n1. The molecule has 10 nitrogen and oxygen atoms in total. The van der Waals surface area contributed by atoms with Crippen molar-refractivity contribution < 1.29 is 27.8 Å². The molecule has 0 atom stereocenters. The van der Waals surface area contributed by atoms with E-state index in [4.69, 9.17) is 9.47 Å². The lowest BCUT2D eigenvalue weighted by atomic mass is 9.94. The summed E-state index contributed by atoms with van der Waals surface area (Å²) in [6, 6.07) is 16.9. The number of anilines is 3. The van der Waals surface area contributed by atoms with E-state index in [1.807, 2.05) is 6.92 Å². The number of aromatic nitrogens is 2. The van der Waals surface area contributed by atoms with Crippen LogP contribution >= 0.6 is 0 Å². The minimum Gasteiger partial charge on any atom is -0.497 e. The molecule has 1 aliphatic heterocycles. The van der Waals surface area contributed by atoms with Gasteiger partial charge >= 0.3 is 0 Å². The van der Waals surface area contributed by atoms with Crippen molar-refractivity contribution >= 4 is 29.1 Å². The highest BCUT2D eigenvalue weighted by Gasteiger charge is 2.30. The zero-order valence-electron chi connectivity index (χ0n) is 29.4. The van der Waals surface area contributed by atoms with E-state index < -0.39 is 5.92 Å². The Morgan fingerprint density at radius 1 is 0.940 bits per heavy atom. The highest BCUT2D eigenvalue weighted by Crippen LogP contribution is 2.37. The van der Waals surface area contributed by atoms with E-state index in [1.165, 1.54) is 18.1 Å². The van der Waals surface area contributed by atoms with E-state index in [0.29, 0.717) is 57.8 Å². The van der Waals surface area contributed by atoms with E-state index in [2.05, 4.69) is 32.1 Å². The second kappa shape index (κ2) is 15.7. The third kappa shape index (κ3) is 8.61. The van der Waals surface area contributed by atoms with Gasteiger partial charge in [-0.2, -0.15) is 4.98 Å². The van der Waals surface area contributed by atoms with Crippen LogP contribution in [0.4, 0.5) is 26.2 Å². The topological polar surface area (TPSA) is 100 Å². The van der Waals surface area contributed by atoms with Crippen LogP contribution in [0.5, 0.6) is 11.5 Å². The summed E-state index contributed by atoms with van der Waals surface area (Å²) in [6.45, 7) is 6.60. The number of halogens is 2. The molecule has 2 heterocycles. The number of alkyl halides is 2. The number of carbonyl (C=O) groups excluding carboxylic acids is 2. The van der Waals surface area contributed by atoms with Crippen LogP contribution in [0.25, 0.3) is 0 Å². The smallest absolute Gasteiger partial charge is 0.270 e. The molecule has 1 N–H and O–H groups in total. The maximum atomic E-state index is 14.9. The van der Waals surface area contributed by atoms with Crippen molar-refractivity contribution in [3.05, 3.63) is 100 Å². The fourth-order valence-electron chi connectivity index (χ4n) is 6.04. The number of hydrogen-bond donors (Lipinski definition) is 1. The number of aryl methyl sites for hydroxylation is 1. The first kappa shape index (κ1) is 36.3. The highest BCUT2D eigenvalue weighted by molar-refractivity contribution is 6.03. The van der Waals surface area contributed by atoms with E-state index >= 15 is 0 Å². The minimum atomic E-state index is -3.06. The molecule has 0 radical (unpaired) electrons. The lowest BCUT2D eigenvalue weighted by Gasteiger charge is -2.33. The molecule has 0 saturated carbocycles. The van der Waals surface area contributed by atoms with Gasteiger partial charge < -0.3 is 19.7 Å². The highest BCUT2D eigenvalue weighted by atomic mass is 19.3. The molecule has 12 heteroatoms. The van der Waals surface area contributed by atoms with Gasteiger partial charge in [-0.1, -0.05) is 24.3 Å². The molecule has 3 aromatic carbocycles. The Hall–Kier alpha value is -4.94. The number of carbonyl (C=O) groups is 2. The number of Topliss-reactive ketones (excluding diaryl/α,β-unsaturated/α-hetero) is 1. The molecule has 1 aliphatic rings. The first-order valence-corrected chi connectivity index (χ1v) is 16.5. The summed E-state index contributed by atoms with van der Waals surface area (Å²) < 4.78 is 40.7. The molecule has 1 aromatic heterocycles. The van der Waals surface area contributed by atoms with Crippen molar-refractivity contribution in [3.8, 4) is 11.5 Å². The zero-order valence-corrected chi connectivity index (χ0v) is 29.4. The van der Waals surface area contributed by atoms with Gasteiger partial charge in [-0.25, -0.2) is 13.8 Å². The van der Waals surface area contributed by atoms with Crippen molar-refractivity contribution in [2.45, 2.75) is 39.2 Å². The number of piperazine rings is 1. The summed E-state index contributed by atoms with van der Waals surface area (Å²) in [5.41, 5.74) is 3.31. The third-order valence-electron chi connectivity index (χ3n) is 8.99. The molecule has 264 valence electrons. The summed E-state index contributed by atoms with van der Waals surface area (Å²) in [5, 5.41) is 2.90. The quantitative estimate of drug-likeness (QED) is 0.169. The van der Waals surface area contributed by atoms with Gasteiger partial charge in [0, 0.05) is 82.6 Å². The summed E-state index contributed by atoms with van der Waals surface area (Å²) in [5.74, 6) is -2.02. The van der Waals surface area contributed by atoms with Crippen LogP contribution in [0.3, 0.4) is 0 Å². The van der Waals surface area contributed by atoms with E-state index in [0.717, 1.165) is 38.7 Å². The molecule has 50 heavy (non-hydrogen) atoms. The number of nitrogens with one attached hydrogen (secondary N) is 1. The number of rotatable bonds is 13. The molecule has 1 saturated heterocycles. The average Bonchev–Trinajstić information content (AvgIpc) is 3.10. The second-order valence-corrected chi connectivity index (χ2v) is 12.6. The van der Waals surface area contributed by atoms with Crippen molar-refractivity contribution in [3.63, 3.8) is 0 Å². The van der Waals surface area contributed by atoms with Crippen LogP contribution in [0, 0.1) is 6.92 Å². The van der Waals surface area contributed by atoms with Crippen molar-refractivity contribution in [1.82, 2.24) is 19.8 Å². The van der Waals surface area contributed by atoms with Crippen LogP contribution in [0.15, 0.2) is 66.9 Å². The molecular weight excluding hydrogens is 642 g/mol. The first-order valence-electron chi connectivity index (χ1n) is 16.5. The van der Waals surface area contributed by atoms with Crippen LogP contribution in [0.1, 0.15) is 45.1 Å². The van der Waals surface area contributed by atoms with Gasteiger partial charge in [-0.05, 0) is 60.5 Å². The second-order valence-electron chi connectivity index (χ2n) is 12.6. The molecule has 0 unspecified atom stereocenters. The maximum Gasteiger partial charge on any atom is 0.270 e. The minimum absolute atomic E-state index is 0.0582. The summed E-state index contributed by atoms with van der Waals surface area (Å²) in [4.78, 5) is 42.3. The molecule has 1 fully saturated rings. The fraction of sp³-hybridized carbons (Fsp3) is 0.368. The van der Waals surface area contributed by atoms with Gasteiger partial charge in [-0.3, -0.25) is 19.4 Å². The van der Waals surface area contributed by atoms with Crippen molar-refractivity contribution in [1.29, 1.82) is 0 Å². The predicted molar refractivity (Wildman–Crippen MR) is 190 cm³/mol. The largest absolute Gasteiger partial charge is 0.497 e. The molecule has 1 amide bonds. The van der Waals surface area contributed by atoms with Gasteiger partial charge in [0.05, 0.1) is 26.3 Å². The number of ether oxygens (including phenoxy) is 2. The van der Waals surface area contributed by atoms with Crippen LogP contribution in [-0.2, 0) is 30.1 Å². The Labute approximate surface area is 292 Å². The maximum absolute atomic E-state index is 14.9. The molecule has 0 aliphatic carbocycles. The Kier molecular flexibility index (Phi) is 11.4. The monoisotopic (exact) mass is 686 g/mol. The number of hydrogen-bond acceptors (Lipinski definition) is 9. The number of ketones is 1. The van der Waals surface area contributed by atoms with Gasteiger partial charge in [0.25, 0.3) is 5.92 Å². The van der Waals surface area contributed by atoms with E-state index in [1.54, 1.807) is 75.0 Å². The lowest BCUT2D eigenvalue weighted by Crippen LogP contribution is -2.44. The number of amides is 1. The van der Waals surface area contributed by atoms with Crippen LogP contribution in [0.2, 0.25) is 0 Å². The zero-order chi connectivity index (χ0) is 36.0. The third-order valence-corrected chi connectivity index (χ3v) is 8.99. The molecule has 4 aromatic rings. The van der Waals surface area contributed by atoms with Crippen molar-refractivity contribution in [2.75, 3.05) is 64.7 Å². The van der Waals surface area contributed by atoms with Crippen molar-refractivity contribution in [2.24, 2.45) is 0 Å². The molecule has 5 rings (SSSR count). The Bertz CT molecular complexity index is 1840. The standard InChI is InChI=1S/C38H44F2N6O4/c1-25-7-9-27(33(47)20-26-8-10-28(31(19-26)38(2,39)40)24-45-17-15-44(4)16-18-45)21-29(25)22-36(48)46(35-13-14-42-37(41-3)43-35)32-12-11-30(49-5)23-34(32)50-6/h7-14,19,21,23H,15-18,20,22,24H2,1-6H3,(H,41,42,43).